The Morgan fingerprint density at radius 2 is 1.82 bits per heavy atom. The Morgan fingerprint density at radius 1 is 1.06 bits per heavy atom. The van der Waals surface area contributed by atoms with E-state index < -0.39 is 0 Å². The molecule has 9 heteroatoms. The van der Waals surface area contributed by atoms with Crippen LogP contribution in [0, 0.1) is 0 Å². The predicted molar refractivity (Wildman–Crippen MR) is 140 cm³/mol. The van der Waals surface area contributed by atoms with Crippen molar-refractivity contribution in [3.63, 3.8) is 0 Å². The largest absolute Gasteiger partial charge is 0.486 e. The molecule has 2 N–H and O–H groups in total. The summed E-state index contributed by atoms with van der Waals surface area (Å²) in [5.41, 5.74) is 1.29. The van der Waals surface area contributed by atoms with Crippen LogP contribution in [0.25, 0.3) is 0 Å². The van der Waals surface area contributed by atoms with E-state index in [-0.39, 0.29) is 30.1 Å². The number of aliphatic imine (C=N–C) groups is 1. The van der Waals surface area contributed by atoms with Crippen molar-refractivity contribution in [2.45, 2.75) is 32.4 Å². The van der Waals surface area contributed by atoms with Crippen LogP contribution in [0.1, 0.15) is 18.3 Å². The predicted octanol–water partition coefficient (Wildman–Crippen LogP) is 3.08. The molecule has 0 fully saturated rings. The van der Waals surface area contributed by atoms with Gasteiger partial charge in [0.2, 0.25) is 0 Å². The van der Waals surface area contributed by atoms with Gasteiger partial charge < -0.3 is 24.7 Å². The van der Waals surface area contributed by atoms with Crippen LogP contribution in [-0.2, 0) is 19.4 Å². The molecule has 1 aliphatic rings. The molecule has 1 atom stereocenters. The van der Waals surface area contributed by atoms with E-state index in [0.717, 1.165) is 49.2 Å². The zero-order chi connectivity index (χ0) is 22.0. The molecule has 0 aliphatic carbocycles. The number of nitrogens with zero attached hydrogens (tertiary/aromatic N) is 4. The van der Waals surface area contributed by atoms with Crippen molar-refractivity contribution in [3.8, 4) is 11.5 Å². The Balaban J connectivity index is 0.00000306. The maximum Gasteiger partial charge on any atom is 0.191 e. The molecule has 0 spiro atoms. The smallest absolute Gasteiger partial charge is 0.191 e. The standard InChI is InChI=1S/C24H30N6O2.HI/c1-2-23-29-28-18-30(23)15-14-26-24(25-13-12-19-8-4-3-5-9-19)27-16-20-17-31-21-10-6-7-11-22(21)32-20;/h3-11,18,20H,2,12-17H2,1H3,(H2,25,26,27);1H. The summed E-state index contributed by atoms with van der Waals surface area (Å²) in [7, 11) is 0. The van der Waals surface area contributed by atoms with Crippen LogP contribution in [0.15, 0.2) is 65.9 Å². The number of hydrogen-bond acceptors (Lipinski definition) is 5. The summed E-state index contributed by atoms with van der Waals surface area (Å²) < 4.78 is 13.9. The Kier molecular flexibility index (Phi) is 9.79. The first-order valence-corrected chi connectivity index (χ1v) is 11.1. The SMILES string of the molecule is CCc1nncn1CCNC(=NCC1COc2ccccc2O1)NCCc1ccccc1.I. The molecule has 176 valence electrons. The Morgan fingerprint density at radius 3 is 2.64 bits per heavy atom. The minimum atomic E-state index is -0.123. The van der Waals surface area contributed by atoms with Crippen LogP contribution in [0.5, 0.6) is 11.5 Å². The second kappa shape index (κ2) is 13.0. The number of aryl methyl sites for hydroxylation is 1. The quantitative estimate of drug-likeness (QED) is 0.237. The van der Waals surface area contributed by atoms with Crippen molar-refractivity contribution < 1.29 is 9.47 Å². The molecule has 0 saturated carbocycles. The lowest BCUT2D eigenvalue weighted by Crippen LogP contribution is -2.41. The van der Waals surface area contributed by atoms with Gasteiger partial charge in [-0.2, -0.15) is 0 Å². The summed E-state index contributed by atoms with van der Waals surface area (Å²) >= 11 is 0. The van der Waals surface area contributed by atoms with Gasteiger partial charge in [-0.1, -0.05) is 49.4 Å². The summed E-state index contributed by atoms with van der Waals surface area (Å²) in [4.78, 5) is 4.76. The summed E-state index contributed by atoms with van der Waals surface area (Å²) in [6.07, 6.45) is 3.42. The topological polar surface area (TPSA) is 85.6 Å². The van der Waals surface area contributed by atoms with Crippen molar-refractivity contribution in [3.05, 3.63) is 72.3 Å². The van der Waals surface area contributed by atoms with Crippen LogP contribution in [0.2, 0.25) is 0 Å². The van der Waals surface area contributed by atoms with Crippen molar-refractivity contribution in [2.75, 3.05) is 26.2 Å². The molecule has 1 aliphatic heterocycles. The second-order valence-electron chi connectivity index (χ2n) is 7.57. The first kappa shape index (κ1) is 24.8. The van der Waals surface area contributed by atoms with E-state index in [2.05, 4.69) is 56.6 Å². The van der Waals surface area contributed by atoms with Gasteiger partial charge in [0.15, 0.2) is 23.6 Å². The van der Waals surface area contributed by atoms with Gasteiger partial charge in [0, 0.05) is 26.1 Å². The fourth-order valence-corrected chi connectivity index (χ4v) is 3.52. The summed E-state index contributed by atoms with van der Waals surface area (Å²) in [6.45, 7) is 5.34. The number of rotatable bonds is 9. The van der Waals surface area contributed by atoms with Gasteiger partial charge >= 0.3 is 0 Å². The van der Waals surface area contributed by atoms with Gasteiger partial charge in [0.25, 0.3) is 0 Å². The number of hydrogen-bond donors (Lipinski definition) is 2. The molecular formula is C24H31IN6O2. The van der Waals surface area contributed by atoms with Gasteiger partial charge in [0.1, 0.15) is 18.8 Å². The number of para-hydroxylation sites is 2. The molecule has 1 unspecified atom stereocenters. The summed E-state index contributed by atoms with van der Waals surface area (Å²) in [6, 6.07) is 18.2. The zero-order valence-electron chi connectivity index (χ0n) is 18.8. The number of fused-ring (bicyclic) bond motifs is 1. The highest BCUT2D eigenvalue weighted by Crippen LogP contribution is 2.30. The Hall–Kier alpha value is -2.82. The van der Waals surface area contributed by atoms with E-state index in [1.165, 1.54) is 5.56 Å². The number of aromatic nitrogens is 3. The minimum Gasteiger partial charge on any atom is -0.486 e. The van der Waals surface area contributed by atoms with Gasteiger partial charge in [-0.05, 0) is 24.1 Å². The minimum absolute atomic E-state index is 0. The Labute approximate surface area is 211 Å². The average molecular weight is 562 g/mol. The van der Waals surface area contributed by atoms with Crippen molar-refractivity contribution in [1.29, 1.82) is 0 Å². The highest BCUT2D eigenvalue weighted by Gasteiger charge is 2.20. The van der Waals surface area contributed by atoms with Gasteiger partial charge in [0.05, 0.1) is 6.54 Å². The number of benzene rings is 2. The first-order chi connectivity index (χ1) is 15.8. The monoisotopic (exact) mass is 562 g/mol. The molecule has 33 heavy (non-hydrogen) atoms. The van der Waals surface area contributed by atoms with Crippen molar-refractivity contribution >= 4 is 29.9 Å². The lowest BCUT2D eigenvalue weighted by atomic mass is 10.1. The Bertz CT molecular complexity index is 1010. The third kappa shape index (κ3) is 7.34. The van der Waals surface area contributed by atoms with Gasteiger partial charge in [-0.3, -0.25) is 0 Å². The van der Waals surface area contributed by atoms with E-state index in [1.807, 2.05) is 30.3 Å². The molecule has 8 nitrogen and oxygen atoms in total. The van der Waals surface area contributed by atoms with Crippen molar-refractivity contribution in [2.24, 2.45) is 4.99 Å². The van der Waals surface area contributed by atoms with Crippen molar-refractivity contribution in [1.82, 2.24) is 25.4 Å². The van der Waals surface area contributed by atoms with E-state index in [1.54, 1.807) is 6.33 Å². The van der Waals surface area contributed by atoms with E-state index in [0.29, 0.717) is 19.7 Å². The second-order valence-corrected chi connectivity index (χ2v) is 7.57. The maximum atomic E-state index is 6.04. The van der Waals surface area contributed by atoms with Crippen LogP contribution >= 0.6 is 24.0 Å². The first-order valence-electron chi connectivity index (χ1n) is 11.1. The average Bonchev–Trinajstić information content (AvgIpc) is 3.30. The zero-order valence-corrected chi connectivity index (χ0v) is 21.1. The van der Waals surface area contributed by atoms with E-state index >= 15 is 0 Å². The number of nitrogens with one attached hydrogen (secondary N) is 2. The van der Waals surface area contributed by atoms with Crippen LogP contribution in [-0.4, -0.2) is 53.1 Å². The van der Waals surface area contributed by atoms with Crippen LogP contribution < -0.4 is 20.1 Å². The third-order valence-electron chi connectivity index (χ3n) is 5.23. The molecule has 1 aromatic heterocycles. The normalized spacial score (nSPS) is 14.9. The fraction of sp³-hybridized carbons (Fsp3) is 0.375. The lowest BCUT2D eigenvalue weighted by Gasteiger charge is -2.25. The van der Waals surface area contributed by atoms with Crippen LogP contribution in [0.3, 0.4) is 0 Å². The highest BCUT2D eigenvalue weighted by molar-refractivity contribution is 14.0. The van der Waals surface area contributed by atoms with Gasteiger partial charge in [-0.25, -0.2) is 4.99 Å². The molecular weight excluding hydrogens is 531 g/mol. The number of halogens is 1. The molecule has 0 saturated heterocycles. The van der Waals surface area contributed by atoms with Gasteiger partial charge in [-0.15, -0.1) is 34.2 Å². The molecule has 2 aromatic carbocycles. The molecule has 3 aromatic rings. The molecule has 0 amide bonds. The van der Waals surface area contributed by atoms with E-state index in [9.17, 15) is 0 Å². The fourth-order valence-electron chi connectivity index (χ4n) is 3.52. The van der Waals surface area contributed by atoms with E-state index in [4.69, 9.17) is 14.5 Å². The maximum absolute atomic E-state index is 6.04. The number of ether oxygens (including phenoxy) is 2. The van der Waals surface area contributed by atoms with Crippen LogP contribution in [0.4, 0.5) is 0 Å². The lowest BCUT2D eigenvalue weighted by molar-refractivity contribution is 0.0971. The molecule has 0 radical (unpaired) electrons. The summed E-state index contributed by atoms with van der Waals surface area (Å²) in [5.74, 6) is 3.29. The molecule has 4 rings (SSSR count). The summed E-state index contributed by atoms with van der Waals surface area (Å²) in [5, 5.41) is 15.0. The third-order valence-corrected chi connectivity index (χ3v) is 5.23. The number of guanidine groups is 1. The highest BCUT2D eigenvalue weighted by atomic mass is 127. The molecule has 0 bridgehead atoms. The molecule has 2 heterocycles.